The van der Waals surface area contributed by atoms with Crippen LogP contribution in [0.2, 0.25) is 0 Å². The normalized spacial score (nSPS) is 14.4. The highest BCUT2D eigenvalue weighted by Crippen LogP contribution is 2.30. The van der Waals surface area contributed by atoms with Gasteiger partial charge in [-0.3, -0.25) is 4.79 Å². The molecule has 0 spiro atoms. The van der Waals surface area contributed by atoms with Crippen LogP contribution in [0.15, 0.2) is 24.3 Å². The summed E-state index contributed by atoms with van der Waals surface area (Å²) in [7, 11) is 0. The molecule has 5 heteroatoms. The Morgan fingerprint density at radius 3 is 1.76 bits per heavy atom. The van der Waals surface area contributed by atoms with E-state index in [9.17, 15) is 14.7 Å². The number of ether oxygens (including phenoxy) is 1. The molecule has 1 rings (SSSR count). The molecule has 0 heterocycles. The molecule has 0 aliphatic carbocycles. The number of hydrogen-bond donors (Lipinski definition) is 2. The Balaban J connectivity index is 2.61. The van der Waals surface area contributed by atoms with Crippen LogP contribution in [0.3, 0.4) is 0 Å². The van der Waals surface area contributed by atoms with E-state index in [1.165, 1.54) is 64.7 Å². The van der Waals surface area contributed by atoms with Gasteiger partial charge in [0.1, 0.15) is 11.4 Å². The predicted octanol–water partition coefficient (Wildman–Crippen LogP) is 7.41. The molecule has 0 fully saturated rings. The third-order valence-electron chi connectivity index (χ3n) is 6.39. The van der Waals surface area contributed by atoms with Crippen molar-refractivity contribution in [2.45, 2.75) is 135 Å². The molecule has 1 aromatic carbocycles. The van der Waals surface area contributed by atoms with Crippen molar-refractivity contribution in [3.8, 4) is 5.75 Å². The molecule has 0 saturated heterocycles. The second-order valence-corrected chi connectivity index (χ2v) is 10.9. The standard InChI is InChI=1S/C29H49NO4/c1-6-7-8-9-10-11-12-13-14-15-16-17-24(22-26(31)29(5,30)27(32)33)23-18-20-25(21-19-23)34-28(2,3)4/h18-21,24H,6-17,22,30H2,1-5H3,(H,32,33). The van der Waals surface area contributed by atoms with Gasteiger partial charge in [0.15, 0.2) is 11.3 Å². The van der Waals surface area contributed by atoms with E-state index in [0.717, 1.165) is 30.6 Å². The Labute approximate surface area is 207 Å². The number of Topliss-reactive ketones (excluding diaryl/α,β-unsaturated/α-hetero) is 1. The van der Waals surface area contributed by atoms with Crippen LogP contribution >= 0.6 is 0 Å². The Kier molecular flexibility index (Phi) is 13.5. The molecule has 194 valence electrons. The molecule has 0 aliphatic rings. The van der Waals surface area contributed by atoms with E-state index in [1.807, 2.05) is 45.0 Å². The summed E-state index contributed by atoms with van der Waals surface area (Å²) in [6.07, 6.45) is 14.9. The van der Waals surface area contributed by atoms with Crippen molar-refractivity contribution >= 4 is 11.8 Å². The van der Waals surface area contributed by atoms with Crippen molar-refractivity contribution in [2.24, 2.45) is 5.73 Å². The molecule has 3 N–H and O–H groups in total. The molecule has 0 aliphatic heterocycles. The average Bonchev–Trinajstić information content (AvgIpc) is 2.75. The van der Waals surface area contributed by atoms with Gasteiger partial charge in [0.25, 0.3) is 0 Å². The Hall–Kier alpha value is -1.88. The third kappa shape index (κ3) is 12.0. The number of aliphatic carboxylic acids is 1. The maximum Gasteiger partial charge on any atom is 0.331 e. The summed E-state index contributed by atoms with van der Waals surface area (Å²) in [6.45, 7) is 9.55. The topological polar surface area (TPSA) is 89.6 Å². The van der Waals surface area contributed by atoms with Gasteiger partial charge in [-0.05, 0) is 57.7 Å². The quantitative estimate of drug-likeness (QED) is 0.170. The number of hydrogen-bond acceptors (Lipinski definition) is 4. The van der Waals surface area contributed by atoms with Gasteiger partial charge in [0.2, 0.25) is 0 Å². The van der Waals surface area contributed by atoms with Crippen LogP contribution in [0.4, 0.5) is 0 Å². The smallest absolute Gasteiger partial charge is 0.331 e. The Bertz CT molecular complexity index is 719. The molecular formula is C29H49NO4. The molecule has 2 unspecified atom stereocenters. The fraction of sp³-hybridized carbons (Fsp3) is 0.724. The summed E-state index contributed by atoms with van der Waals surface area (Å²) in [5.74, 6) is -0.967. The third-order valence-corrected chi connectivity index (χ3v) is 6.39. The molecule has 0 bridgehead atoms. The van der Waals surface area contributed by atoms with Crippen molar-refractivity contribution in [1.82, 2.24) is 0 Å². The summed E-state index contributed by atoms with van der Waals surface area (Å²) < 4.78 is 5.91. The van der Waals surface area contributed by atoms with Gasteiger partial charge in [-0.25, -0.2) is 4.79 Å². The molecule has 0 aromatic heterocycles. The molecule has 34 heavy (non-hydrogen) atoms. The maximum absolute atomic E-state index is 12.7. The van der Waals surface area contributed by atoms with E-state index in [1.54, 1.807) is 0 Å². The monoisotopic (exact) mass is 475 g/mol. The zero-order valence-electron chi connectivity index (χ0n) is 22.3. The van der Waals surface area contributed by atoms with Crippen LogP contribution < -0.4 is 10.5 Å². The molecule has 0 saturated carbocycles. The number of carboxylic acid groups (broad SMARTS) is 1. The molecule has 2 atom stereocenters. The second kappa shape index (κ2) is 15.2. The lowest BCUT2D eigenvalue weighted by atomic mass is 9.83. The lowest BCUT2D eigenvalue weighted by Gasteiger charge is -2.24. The Morgan fingerprint density at radius 1 is 0.853 bits per heavy atom. The summed E-state index contributed by atoms with van der Waals surface area (Å²) in [4.78, 5) is 24.2. The average molecular weight is 476 g/mol. The highest BCUT2D eigenvalue weighted by molar-refractivity contribution is 6.07. The number of ketones is 1. The largest absolute Gasteiger partial charge is 0.488 e. The number of carboxylic acids is 1. The van der Waals surface area contributed by atoms with E-state index in [2.05, 4.69) is 6.92 Å². The van der Waals surface area contributed by atoms with Gasteiger partial charge < -0.3 is 15.6 Å². The minimum Gasteiger partial charge on any atom is -0.488 e. The lowest BCUT2D eigenvalue weighted by molar-refractivity contribution is -0.147. The summed E-state index contributed by atoms with van der Waals surface area (Å²) in [5, 5.41) is 9.35. The van der Waals surface area contributed by atoms with Crippen molar-refractivity contribution in [1.29, 1.82) is 0 Å². The van der Waals surface area contributed by atoms with Crippen LogP contribution in [0, 0.1) is 0 Å². The fourth-order valence-electron chi connectivity index (χ4n) is 4.16. The maximum atomic E-state index is 12.7. The highest BCUT2D eigenvalue weighted by atomic mass is 16.5. The van der Waals surface area contributed by atoms with Crippen molar-refractivity contribution in [3.05, 3.63) is 29.8 Å². The Morgan fingerprint density at radius 2 is 1.32 bits per heavy atom. The fourth-order valence-corrected chi connectivity index (χ4v) is 4.16. The number of unbranched alkanes of at least 4 members (excludes halogenated alkanes) is 10. The first-order valence-electron chi connectivity index (χ1n) is 13.3. The second-order valence-electron chi connectivity index (χ2n) is 10.9. The van der Waals surface area contributed by atoms with E-state index in [4.69, 9.17) is 10.5 Å². The number of carbonyl (C=O) groups excluding carboxylic acids is 1. The van der Waals surface area contributed by atoms with Crippen LogP contribution in [0.25, 0.3) is 0 Å². The van der Waals surface area contributed by atoms with E-state index >= 15 is 0 Å². The lowest BCUT2D eigenvalue weighted by Crippen LogP contribution is -2.52. The zero-order valence-corrected chi connectivity index (χ0v) is 22.3. The SMILES string of the molecule is CCCCCCCCCCCCCC(CC(=O)C(C)(N)C(=O)O)c1ccc(OC(C)(C)C)cc1. The molecule has 5 nitrogen and oxygen atoms in total. The van der Waals surface area contributed by atoms with Gasteiger partial charge in [-0.2, -0.15) is 0 Å². The number of nitrogens with two attached hydrogens (primary N) is 1. The van der Waals surface area contributed by atoms with E-state index in [0.29, 0.717) is 0 Å². The van der Waals surface area contributed by atoms with Gasteiger partial charge in [0, 0.05) is 6.42 Å². The van der Waals surface area contributed by atoms with Gasteiger partial charge >= 0.3 is 5.97 Å². The van der Waals surface area contributed by atoms with Crippen molar-refractivity contribution in [2.75, 3.05) is 0 Å². The number of carbonyl (C=O) groups is 2. The minimum absolute atomic E-state index is 0.0445. The molecule has 1 aromatic rings. The summed E-state index contributed by atoms with van der Waals surface area (Å²) in [6, 6.07) is 7.84. The van der Waals surface area contributed by atoms with Crippen LogP contribution in [-0.2, 0) is 9.59 Å². The summed E-state index contributed by atoms with van der Waals surface area (Å²) in [5.41, 5.74) is 4.71. The van der Waals surface area contributed by atoms with Crippen molar-refractivity contribution in [3.63, 3.8) is 0 Å². The predicted molar refractivity (Wildman–Crippen MR) is 140 cm³/mol. The van der Waals surface area contributed by atoms with Crippen molar-refractivity contribution < 1.29 is 19.4 Å². The van der Waals surface area contributed by atoms with Crippen LogP contribution in [-0.4, -0.2) is 28.0 Å². The number of benzene rings is 1. The van der Waals surface area contributed by atoms with Crippen LogP contribution in [0.5, 0.6) is 5.75 Å². The van der Waals surface area contributed by atoms with Gasteiger partial charge in [-0.15, -0.1) is 0 Å². The molecular weight excluding hydrogens is 426 g/mol. The molecule has 0 amide bonds. The number of rotatable bonds is 18. The first-order chi connectivity index (χ1) is 16.0. The first-order valence-corrected chi connectivity index (χ1v) is 13.3. The summed E-state index contributed by atoms with van der Waals surface area (Å²) >= 11 is 0. The van der Waals surface area contributed by atoms with E-state index in [-0.39, 0.29) is 17.9 Å². The first kappa shape index (κ1) is 30.2. The molecule has 0 radical (unpaired) electrons. The van der Waals surface area contributed by atoms with Gasteiger partial charge in [0.05, 0.1) is 0 Å². The van der Waals surface area contributed by atoms with E-state index < -0.39 is 17.3 Å². The van der Waals surface area contributed by atoms with Gasteiger partial charge in [-0.1, -0.05) is 89.7 Å². The minimum atomic E-state index is -1.86. The highest BCUT2D eigenvalue weighted by Gasteiger charge is 2.37. The van der Waals surface area contributed by atoms with Crippen LogP contribution in [0.1, 0.15) is 130 Å². The zero-order chi connectivity index (χ0) is 25.6.